The largest absolute Gasteiger partial charge is 0.508 e. The Kier molecular flexibility index (Phi) is 13.8. The number of phenols is 1. The predicted molar refractivity (Wildman–Crippen MR) is 160 cm³/mol. The van der Waals surface area contributed by atoms with E-state index in [-0.39, 0.29) is 18.3 Å². The SMILES string of the molecule is CCCCNC(=O)c1cccc(COCCOc2ccc(CCNC[C@H](O)c3ccc(O)c(COC(C)=O)c3)cc2)c1. The van der Waals surface area contributed by atoms with Crippen LogP contribution in [0.2, 0.25) is 0 Å². The van der Waals surface area contributed by atoms with Crippen LogP contribution in [-0.4, -0.2) is 54.9 Å². The maximum atomic E-state index is 12.2. The van der Waals surface area contributed by atoms with Crippen molar-refractivity contribution in [2.45, 2.75) is 52.4 Å². The third kappa shape index (κ3) is 11.5. The van der Waals surface area contributed by atoms with Gasteiger partial charge < -0.3 is 35.1 Å². The minimum atomic E-state index is -0.765. The number of benzene rings is 3. The van der Waals surface area contributed by atoms with Crippen molar-refractivity contribution in [3.8, 4) is 11.5 Å². The van der Waals surface area contributed by atoms with Gasteiger partial charge in [-0.2, -0.15) is 0 Å². The molecule has 42 heavy (non-hydrogen) atoms. The molecule has 9 heteroatoms. The van der Waals surface area contributed by atoms with Gasteiger partial charge in [0, 0.05) is 31.1 Å². The molecule has 0 aliphatic heterocycles. The third-order valence-electron chi connectivity index (χ3n) is 6.54. The first-order chi connectivity index (χ1) is 20.4. The van der Waals surface area contributed by atoms with Gasteiger partial charge in [-0.3, -0.25) is 9.59 Å². The van der Waals surface area contributed by atoms with E-state index in [4.69, 9.17) is 14.2 Å². The average Bonchev–Trinajstić information content (AvgIpc) is 2.99. The lowest BCUT2D eigenvalue weighted by Crippen LogP contribution is -2.24. The first kappa shape index (κ1) is 32.6. The Labute approximate surface area is 247 Å². The van der Waals surface area contributed by atoms with E-state index in [1.54, 1.807) is 18.2 Å². The number of carbonyl (C=O) groups is 2. The number of ether oxygens (including phenoxy) is 3. The van der Waals surface area contributed by atoms with E-state index in [9.17, 15) is 19.8 Å². The van der Waals surface area contributed by atoms with Gasteiger partial charge in [-0.25, -0.2) is 0 Å². The zero-order valence-corrected chi connectivity index (χ0v) is 24.4. The highest BCUT2D eigenvalue weighted by atomic mass is 16.5. The monoisotopic (exact) mass is 578 g/mol. The van der Waals surface area contributed by atoms with Crippen LogP contribution in [0, 0.1) is 0 Å². The van der Waals surface area contributed by atoms with Crippen molar-refractivity contribution < 1.29 is 34.0 Å². The molecule has 0 radical (unpaired) electrons. The first-order valence-electron chi connectivity index (χ1n) is 14.4. The minimum Gasteiger partial charge on any atom is -0.508 e. The molecule has 3 rings (SSSR count). The van der Waals surface area contributed by atoms with Crippen molar-refractivity contribution in [1.29, 1.82) is 0 Å². The second kappa shape index (κ2) is 17.8. The number of hydrogen-bond donors (Lipinski definition) is 4. The lowest BCUT2D eigenvalue weighted by atomic mass is 10.1. The Morgan fingerprint density at radius 2 is 1.74 bits per heavy atom. The van der Waals surface area contributed by atoms with Crippen LogP contribution >= 0.6 is 0 Å². The van der Waals surface area contributed by atoms with E-state index in [1.807, 2.05) is 42.5 Å². The molecule has 3 aromatic carbocycles. The number of phenolic OH excluding ortho intramolecular Hbond substituents is 1. The minimum absolute atomic E-state index is 0.0193. The number of aromatic hydroxyl groups is 1. The fourth-order valence-corrected chi connectivity index (χ4v) is 4.14. The fourth-order valence-electron chi connectivity index (χ4n) is 4.14. The molecular weight excluding hydrogens is 536 g/mol. The van der Waals surface area contributed by atoms with Gasteiger partial charge in [0.1, 0.15) is 24.7 Å². The standard InChI is InChI=1S/C33H42N2O7/c1-3-4-15-35-33(39)28-7-5-6-26(19-28)22-40-17-18-41-30-11-8-25(9-12-30)14-16-34-21-32(38)27-10-13-31(37)29(20-27)23-42-24(2)36/h5-13,19-20,32,34,37-38H,3-4,14-18,21-23H2,1-2H3,(H,35,39)/t32-/m0/s1. The Bertz CT molecular complexity index is 1260. The van der Waals surface area contributed by atoms with Gasteiger partial charge in [-0.05, 0) is 72.5 Å². The lowest BCUT2D eigenvalue weighted by Gasteiger charge is -2.14. The van der Waals surface area contributed by atoms with Gasteiger partial charge in [0.2, 0.25) is 0 Å². The molecule has 0 aliphatic carbocycles. The number of aliphatic hydroxyl groups is 1. The van der Waals surface area contributed by atoms with E-state index in [0.29, 0.717) is 56.1 Å². The second-order valence-electron chi connectivity index (χ2n) is 9.99. The quantitative estimate of drug-likeness (QED) is 0.129. The summed E-state index contributed by atoms with van der Waals surface area (Å²) >= 11 is 0. The van der Waals surface area contributed by atoms with Crippen molar-refractivity contribution in [2.75, 3.05) is 32.8 Å². The number of rotatable bonds is 18. The maximum Gasteiger partial charge on any atom is 0.302 e. The first-order valence-corrected chi connectivity index (χ1v) is 14.4. The molecule has 0 heterocycles. The van der Waals surface area contributed by atoms with Crippen molar-refractivity contribution in [3.63, 3.8) is 0 Å². The molecule has 1 amide bonds. The van der Waals surface area contributed by atoms with Crippen LogP contribution in [0.3, 0.4) is 0 Å². The fraction of sp³-hybridized carbons (Fsp3) is 0.394. The Hall–Kier alpha value is -3.92. The second-order valence-corrected chi connectivity index (χ2v) is 9.99. The number of amides is 1. The number of nitrogens with one attached hydrogen (secondary N) is 2. The molecule has 0 fully saturated rings. The van der Waals surface area contributed by atoms with E-state index < -0.39 is 12.1 Å². The summed E-state index contributed by atoms with van der Waals surface area (Å²) in [5, 5.41) is 26.6. The summed E-state index contributed by atoms with van der Waals surface area (Å²) in [7, 11) is 0. The predicted octanol–water partition coefficient (Wildman–Crippen LogP) is 4.45. The Morgan fingerprint density at radius 1 is 0.929 bits per heavy atom. The summed E-state index contributed by atoms with van der Waals surface area (Å²) in [5.74, 6) is 0.279. The molecule has 0 saturated carbocycles. The summed E-state index contributed by atoms with van der Waals surface area (Å²) in [5.41, 5.74) is 3.79. The zero-order chi connectivity index (χ0) is 30.2. The van der Waals surface area contributed by atoms with E-state index in [2.05, 4.69) is 17.6 Å². The molecule has 226 valence electrons. The summed E-state index contributed by atoms with van der Waals surface area (Å²) in [6.45, 7) is 6.29. The molecule has 9 nitrogen and oxygen atoms in total. The normalized spacial score (nSPS) is 11.6. The number of hydrogen-bond acceptors (Lipinski definition) is 8. The highest BCUT2D eigenvalue weighted by Crippen LogP contribution is 2.23. The van der Waals surface area contributed by atoms with Crippen LogP contribution < -0.4 is 15.4 Å². The molecular formula is C33H42N2O7. The van der Waals surface area contributed by atoms with E-state index in [1.165, 1.54) is 13.0 Å². The topological polar surface area (TPSA) is 126 Å². The molecule has 0 bridgehead atoms. The highest BCUT2D eigenvalue weighted by molar-refractivity contribution is 5.94. The van der Waals surface area contributed by atoms with E-state index in [0.717, 1.165) is 36.1 Å². The smallest absolute Gasteiger partial charge is 0.302 e. The Balaban J connectivity index is 1.31. The molecule has 0 spiro atoms. The molecule has 0 aromatic heterocycles. The van der Waals surface area contributed by atoms with Crippen molar-refractivity contribution in [1.82, 2.24) is 10.6 Å². The highest BCUT2D eigenvalue weighted by Gasteiger charge is 2.11. The molecule has 0 aliphatic rings. The average molecular weight is 579 g/mol. The van der Waals surface area contributed by atoms with Crippen LogP contribution in [0.25, 0.3) is 0 Å². The Morgan fingerprint density at radius 3 is 2.50 bits per heavy atom. The van der Waals surface area contributed by atoms with E-state index >= 15 is 0 Å². The van der Waals surface area contributed by atoms with Gasteiger partial charge in [-0.1, -0.05) is 43.7 Å². The lowest BCUT2D eigenvalue weighted by molar-refractivity contribution is -0.142. The van der Waals surface area contributed by atoms with Crippen LogP contribution in [0.4, 0.5) is 0 Å². The molecule has 3 aromatic rings. The zero-order valence-electron chi connectivity index (χ0n) is 24.4. The summed E-state index contributed by atoms with van der Waals surface area (Å²) in [6.07, 6.45) is 2.02. The molecule has 1 atom stereocenters. The summed E-state index contributed by atoms with van der Waals surface area (Å²) in [4.78, 5) is 23.3. The van der Waals surface area contributed by atoms with Gasteiger partial charge in [0.25, 0.3) is 5.91 Å². The molecule has 4 N–H and O–H groups in total. The molecule has 0 unspecified atom stereocenters. The number of aliphatic hydroxyl groups excluding tert-OH is 1. The van der Waals surface area contributed by atoms with Crippen LogP contribution in [0.15, 0.2) is 66.7 Å². The number of unbranched alkanes of at least 4 members (excludes halogenated alkanes) is 1. The van der Waals surface area contributed by atoms with Gasteiger partial charge in [-0.15, -0.1) is 0 Å². The van der Waals surface area contributed by atoms with Crippen LogP contribution in [-0.2, 0) is 33.9 Å². The van der Waals surface area contributed by atoms with Crippen LogP contribution in [0.1, 0.15) is 65.4 Å². The maximum absolute atomic E-state index is 12.2. The molecule has 0 saturated heterocycles. The van der Waals surface area contributed by atoms with Crippen molar-refractivity contribution in [2.24, 2.45) is 0 Å². The third-order valence-corrected chi connectivity index (χ3v) is 6.54. The van der Waals surface area contributed by atoms with Crippen molar-refractivity contribution >= 4 is 11.9 Å². The van der Waals surface area contributed by atoms with Gasteiger partial charge in [0.05, 0.1) is 19.3 Å². The van der Waals surface area contributed by atoms with Crippen molar-refractivity contribution in [3.05, 3.63) is 94.5 Å². The van der Waals surface area contributed by atoms with Gasteiger partial charge >= 0.3 is 5.97 Å². The van der Waals surface area contributed by atoms with Crippen LogP contribution in [0.5, 0.6) is 11.5 Å². The number of carbonyl (C=O) groups excluding carboxylic acids is 2. The summed E-state index contributed by atoms with van der Waals surface area (Å²) < 4.78 is 16.5. The number of esters is 1. The summed E-state index contributed by atoms with van der Waals surface area (Å²) in [6, 6.07) is 20.1. The van der Waals surface area contributed by atoms with Gasteiger partial charge in [0.15, 0.2) is 0 Å².